The summed E-state index contributed by atoms with van der Waals surface area (Å²) in [5.41, 5.74) is 5.61. The summed E-state index contributed by atoms with van der Waals surface area (Å²) in [4.78, 5) is 17.8. The van der Waals surface area contributed by atoms with E-state index >= 15 is 0 Å². The van der Waals surface area contributed by atoms with Crippen molar-refractivity contribution in [1.82, 2.24) is 20.1 Å². The van der Waals surface area contributed by atoms with Gasteiger partial charge in [-0.05, 0) is 32.2 Å². The average Bonchev–Trinajstić information content (AvgIpc) is 2.75. The Bertz CT molecular complexity index is 367. The second-order valence-corrected chi connectivity index (χ2v) is 4.22. The van der Waals surface area contributed by atoms with Crippen LogP contribution < -0.4 is 5.73 Å². The molecule has 1 aliphatic heterocycles. The van der Waals surface area contributed by atoms with Gasteiger partial charge >= 0.3 is 0 Å². The van der Waals surface area contributed by atoms with Crippen LogP contribution in [0.1, 0.15) is 29.3 Å². The third-order valence-corrected chi connectivity index (χ3v) is 3.02. The van der Waals surface area contributed by atoms with Crippen LogP contribution in [0, 0.1) is 12.8 Å². The van der Waals surface area contributed by atoms with E-state index in [1.54, 1.807) is 11.8 Å². The molecule has 0 saturated carbocycles. The number of aryl methyl sites for hydroxylation is 1. The number of hydrogen-bond acceptors (Lipinski definition) is 4. The topological polar surface area (TPSA) is 87.9 Å². The molecule has 1 amide bonds. The number of likely N-dealkylation sites (tertiary alicyclic amines) is 1. The predicted octanol–water partition coefficient (Wildman–Crippen LogP) is -0.0760. The van der Waals surface area contributed by atoms with Gasteiger partial charge in [0.2, 0.25) is 5.82 Å². The van der Waals surface area contributed by atoms with Crippen LogP contribution in [-0.2, 0) is 0 Å². The van der Waals surface area contributed by atoms with Gasteiger partial charge in [0.05, 0.1) is 0 Å². The van der Waals surface area contributed by atoms with E-state index in [2.05, 4.69) is 15.2 Å². The zero-order valence-corrected chi connectivity index (χ0v) is 9.44. The standard InChI is InChI=1S/C10H17N5O/c1-7-12-9(14-13-7)10(16)15-4-2-8(6-11)3-5-15/h8H,2-6,11H2,1H3,(H,12,13,14). The number of aromatic amines is 1. The van der Waals surface area contributed by atoms with Crippen LogP contribution in [0.25, 0.3) is 0 Å². The summed E-state index contributed by atoms with van der Waals surface area (Å²) in [7, 11) is 0. The van der Waals surface area contributed by atoms with E-state index in [0.717, 1.165) is 25.9 Å². The molecule has 6 nitrogen and oxygen atoms in total. The van der Waals surface area contributed by atoms with Gasteiger partial charge in [0.15, 0.2) is 0 Å². The smallest absolute Gasteiger partial charge is 0.293 e. The molecule has 0 radical (unpaired) electrons. The maximum Gasteiger partial charge on any atom is 0.293 e. The number of nitrogens with two attached hydrogens (primary N) is 1. The van der Waals surface area contributed by atoms with Gasteiger partial charge in [-0.15, -0.1) is 5.10 Å². The molecular weight excluding hydrogens is 206 g/mol. The number of carbonyl (C=O) groups excluding carboxylic acids is 1. The summed E-state index contributed by atoms with van der Waals surface area (Å²) in [6.07, 6.45) is 1.96. The molecule has 2 heterocycles. The van der Waals surface area contributed by atoms with Gasteiger partial charge in [0.1, 0.15) is 5.82 Å². The van der Waals surface area contributed by atoms with Crippen molar-refractivity contribution in [2.24, 2.45) is 11.7 Å². The van der Waals surface area contributed by atoms with Gasteiger partial charge in [0, 0.05) is 13.1 Å². The number of nitrogens with zero attached hydrogens (tertiary/aromatic N) is 3. The molecule has 0 bridgehead atoms. The molecule has 6 heteroatoms. The molecule has 88 valence electrons. The molecule has 0 unspecified atom stereocenters. The molecule has 1 aromatic heterocycles. The lowest BCUT2D eigenvalue weighted by atomic mass is 9.97. The summed E-state index contributed by atoms with van der Waals surface area (Å²) < 4.78 is 0. The lowest BCUT2D eigenvalue weighted by molar-refractivity contribution is 0.0681. The molecule has 1 fully saturated rings. The van der Waals surface area contributed by atoms with E-state index < -0.39 is 0 Å². The Morgan fingerprint density at radius 2 is 2.25 bits per heavy atom. The zero-order chi connectivity index (χ0) is 11.5. The third-order valence-electron chi connectivity index (χ3n) is 3.02. The Hall–Kier alpha value is -1.43. The number of hydrogen-bond donors (Lipinski definition) is 2. The van der Waals surface area contributed by atoms with Gasteiger partial charge in [-0.2, -0.15) is 0 Å². The summed E-state index contributed by atoms with van der Waals surface area (Å²) in [6, 6.07) is 0. The highest BCUT2D eigenvalue weighted by atomic mass is 16.2. The van der Waals surface area contributed by atoms with Gasteiger partial charge in [0.25, 0.3) is 5.91 Å². The quantitative estimate of drug-likeness (QED) is 0.734. The van der Waals surface area contributed by atoms with Crippen LogP contribution >= 0.6 is 0 Å². The number of amides is 1. The molecule has 1 aliphatic rings. The normalized spacial score (nSPS) is 17.8. The Morgan fingerprint density at radius 1 is 1.56 bits per heavy atom. The Balaban J connectivity index is 1.96. The summed E-state index contributed by atoms with van der Waals surface area (Å²) in [5.74, 6) is 1.40. The number of rotatable bonds is 2. The average molecular weight is 223 g/mol. The van der Waals surface area contributed by atoms with Crippen molar-refractivity contribution in [3.05, 3.63) is 11.6 Å². The molecular formula is C10H17N5O. The van der Waals surface area contributed by atoms with Crippen LogP contribution in [0.5, 0.6) is 0 Å². The largest absolute Gasteiger partial charge is 0.336 e. The Labute approximate surface area is 94.2 Å². The molecule has 0 aromatic carbocycles. The van der Waals surface area contributed by atoms with E-state index in [-0.39, 0.29) is 11.7 Å². The van der Waals surface area contributed by atoms with Crippen molar-refractivity contribution in [2.75, 3.05) is 19.6 Å². The minimum atomic E-state index is -0.0835. The van der Waals surface area contributed by atoms with Crippen molar-refractivity contribution in [3.63, 3.8) is 0 Å². The fourth-order valence-corrected chi connectivity index (χ4v) is 1.95. The van der Waals surface area contributed by atoms with E-state index in [0.29, 0.717) is 18.3 Å². The van der Waals surface area contributed by atoms with Crippen LogP contribution in [-0.4, -0.2) is 45.6 Å². The number of piperidine rings is 1. The number of nitrogens with one attached hydrogen (secondary N) is 1. The second kappa shape index (κ2) is 4.61. The highest BCUT2D eigenvalue weighted by Crippen LogP contribution is 2.16. The summed E-state index contributed by atoms with van der Waals surface area (Å²) in [5, 5.41) is 6.56. The first-order chi connectivity index (χ1) is 7.70. The molecule has 0 aliphatic carbocycles. The monoisotopic (exact) mass is 223 g/mol. The second-order valence-electron chi connectivity index (χ2n) is 4.22. The van der Waals surface area contributed by atoms with Crippen molar-refractivity contribution in [1.29, 1.82) is 0 Å². The highest BCUT2D eigenvalue weighted by molar-refractivity contribution is 5.90. The lowest BCUT2D eigenvalue weighted by Crippen LogP contribution is -2.40. The highest BCUT2D eigenvalue weighted by Gasteiger charge is 2.24. The molecule has 16 heavy (non-hydrogen) atoms. The molecule has 3 N–H and O–H groups in total. The number of carbonyl (C=O) groups is 1. The predicted molar refractivity (Wildman–Crippen MR) is 58.8 cm³/mol. The lowest BCUT2D eigenvalue weighted by Gasteiger charge is -2.30. The fourth-order valence-electron chi connectivity index (χ4n) is 1.95. The van der Waals surface area contributed by atoms with Crippen LogP contribution in [0.15, 0.2) is 0 Å². The van der Waals surface area contributed by atoms with Gasteiger partial charge in [-0.1, -0.05) is 0 Å². The van der Waals surface area contributed by atoms with Crippen molar-refractivity contribution in [3.8, 4) is 0 Å². The minimum absolute atomic E-state index is 0.0835. The molecule has 2 rings (SSSR count). The van der Waals surface area contributed by atoms with Gasteiger partial charge in [-0.3, -0.25) is 9.89 Å². The van der Waals surface area contributed by atoms with E-state index in [1.807, 2.05) is 0 Å². The molecule has 1 saturated heterocycles. The Kier molecular flexibility index (Phi) is 3.19. The van der Waals surface area contributed by atoms with Gasteiger partial charge in [-0.25, -0.2) is 4.98 Å². The number of aromatic nitrogens is 3. The first kappa shape index (κ1) is 11.1. The summed E-state index contributed by atoms with van der Waals surface area (Å²) in [6.45, 7) is 4.01. The third kappa shape index (κ3) is 2.21. The van der Waals surface area contributed by atoms with Crippen molar-refractivity contribution < 1.29 is 4.79 Å². The molecule has 0 atom stereocenters. The molecule has 0 spiro atoms. The van der Waals surface area contributed by atoms with Crippen molar-refractivity contribution in [2.45, 2.75) is 19.8 Å². The maximum absolute atomic E-state index is 12.0. The maximum atomic E-state index is 12.0. The summed E-state index contributed by atoms with van der Waals surface area (Å²) >= 11 is 0. The van der Waals surface area contributed by atoms with Crippen molar-refractivity contribution >= 4 is 5.91 Å². The Morgan fingerprint density at radius 3 is 2.75 bits per heavy atom. The van der Waals surface area contributed by atoms with Crippen LogP contribution in [0.2, 0.25) is 0 Å². The first-order valence-corrected chi connectivity index (χ1v) is 5.59. The minimum Gasteiger partial charge on any atom is -0.336 e. The van der Waals surface area contributed by atoms with E-state index in [1.165, 1.54) is 0 Å². The van der Waals surface area contributed by atoms with Crippen LogP contribution in [0.3, 0.4) is 0 Å². The van der Waals surface area contributed by atoms with Gasteiger partial charge < -0.3 is 10.6 Å². The first-order valence-electron chi connectivity index (χ1n) is 5.59. The van der Waals surface area contributed by atoms with E-state index in [9.17, 15) is 4.79 Å². The van der Waals surface area contributed by atoms with Crippen LogP contribution in [0.4, 0.5) is 0 Å². The van der Waals surface area contributed by atoms with E-state index in [4.69, 9.17) is 5.73 Å². The zero-order valence-electron chi connectivity index (χ0n) is 9.44. The SMILES string of the molecule is Cc1nc(C(=O)N2CCC(CN)CC2)n[nH]1. The molecule has 1 aromatic rings. The number of H-pyrrole nitrogens is 1. The fraction of sp³-hybridized carbons (Fsp3) is 0.700.